The summed E-state index contributed by atoms with van der Waals surface area (Å²) in [6, 6.07) is 1.22. The number of hydrogen-bond acceptors (Lipinski definition) is 3. The van der Waals surface area contributed by atoms with Crippen molar-refractivity contribution in [2.75, 3.05) is 33.4 Å². The molecule has 1 aliphatic heterocycles. The van der Waals surface area contributed by atoms with Crippen LogP contribution in [0.2, 0.25) is 0 Å². The highest BCUT2D eigenvalue weighted by Gasteiger charge is 2.18. The maximum Gasteiger partial charge on any atom is 0.0618 e. The predicted molar refractivity (Wildman–Crippen MR) is 59.6 cm³/mol. The van der Waals surface area contributed by atoms with E-state index in [1.807, 2.05) is 6.92 Å². The molecule has 14 heavy (non-hydrogen) atoms. The van der Waals surface area contributed by atoms with Crippen molar-refractivity contribution in [3.05, 3.63) is 0 Å². The van der Waals surface area contributed by atoms with Gasteiger partial charge in [0.05, 0.1) is 6.61 Å². The third kappa shape index (κ3) is 3.95. The molecule has 1 fully saturated rings. The first-order valence-electron chi connectivity index (χ1n) is 5.75. The summed E-state index contributed by atoms with van der Waals surface area (Å²) in [6.45, 7) is 8.28. The van der Waals surface area contributed by atoms with Crippen molar-refractivity contribution in [2.24, 2.45) is 0 Å². The lowest BCUT2D eigenvalue weighted by Crippen LogP contribution is -2.41. The van der Waals surface area contributed by atoms with Crippen LogP contribution < -0.4 is 5.32 Å². The summed E-state index contributed by atoms with van der Waals surface area (Å²) in [7, 11) is 2.18. The second-order valence-electron chi connectivity index (χ2n) is 4.24. The molecule has 3 nitrogen and oxygen atoms in total. The molecule has 1 N–H and O–H groups in total. The van der Waals surface area contributed by atoms with Crippen molar-refractivity contribution < 1.29 is 4.74 Å². The molecule has 0 bridgehead atoms. The van der Waals surface area contributed by atoms with Crippen LogP contribution in [-0.2, 0) is 4.74 Å². The first-order chi connectivity index (χ1) is 6.74. The summed E-state index contributed by atoms with van der Waals surface area (Å²) in [5.41, 5.74) is 0. The fourth-order valence-electron chi connectivity index (χ4n) is 1.86. The second-order valence-corrected chi connectivity index (χ2v) is 4.24. The lowest BCUT2D eigenvalue weighted by atomic mass is 10.2. The molecule has 1 saturated heterocycles. The molecule has 1 rings (SSSR count). The van der Waals surface area contributed by atoms with E-state index in [9.17, 15) is 0 Å². The fraction of sp³-hybridized carbons (Fsp3) is 1.00. The van der Waals surface area contributed by atoms with Gasteiger partial charge in [-0.3, -0.25) is 4.90 Å². The summed E-state index contributed by atoms with van der Waals surface area (Å²) in [6.07, 6.45) is 2.66. The minimum absolute atomic E-state index is 0.525. The maximum atomic E-state index is 5.42. The van der Waals surface area contributed by atoms with Crippen LogP contribution in [0.25, 0.3) is 0 Å². The molecule has 0 spiro atoms. The number of rotatable bonds is 6. The van der Waals surface area contributed by atoms with Crippen molar-refractivity contribution in [2.45, 2.75) is 38.8 Å². The summed E-state index contributed by atoms with van der Waals surface area (Å²) in [4.78, 5) is 2.39. The van der Waals surface area contributed by atoms with Crippen LogP contribution in [-0.4, -0.2) is 50.3 Å². The van der Waals surface area contributed by atoms with E-state index in [1.54, 1.807) is 0 Å². The highest BCUT2D eigenvalue weighted by molar-refractivity contribution is 4.78. The van der Waals surface area contributed by atoms with E-state index in [4.69, 9.17) is 4.74 Å². The van der Waals surface area contributed by atoms with E-state index >= 15 is 0 Å². The van der Waals surface area contributed by atoms with Crippen LogP contribution in [0.5, 0.6) is 0 Å². The summed E-state index contributed by atoms with van der Waals surface area (Å²) < 4.78 is 5.42. The van der Waals surface area contributed by atoms with Crippen LogP contribution in [0.3, 0.4) is 0 Å². The van der Waals surface area contributed by atoms with Crippen molar-refractivity contribution in [3.63, 3.8) is 0 Å². The van der Waals surface area contributed by atoms with Gasteiger partial charge in [-0.1, -0.05) is 0 Å². The van der Waals surface area contributed by atoms with Gasteiger partial charge in [-0.05, 0) is 40.3 Å². The molecule has 0 amide bonds. The third-order valence-electron chi connectivity index (χ3n) is 2.99. The van der Waals surface area contributed by atoms with E-state index < -0.39 is 0 Å². The van der Waals surface area contributed by atoms with Crippen LogP contribution in [0.4, 0.5) is 0 Å². The lowest BCUT2D eigenvalue weighted by molar-refractivity contribution is 0.0819. The van der Waals surface area contributed by atoms with Crippen LogP contribution in [0.1, 0.15) is 26.7 Å². The van der Waals surface area contributed by atoms with Gasteiger partial charge >= 0.3 is 0 Å². The molecule has 0 aromatic carbocycles. The molecule has 84 valence electrons. The summed E-state index contributed by atoms with van der Waals surface area (Å²) >= 11 is 0. The van der Waals surface area contributed by atoms with E-state index in [-0.39, 0.29) is 0 Å². The van der Waals surface area contributed by atoms with Gasteiger partial charge in [0.25, 0.3) is 0 Å². The SMILES string of the molecule is CCOCC(C)N(C)CC1CCCN1. The van der Waals surface area contributed by atoms with Gasteiger partial charge in [-0.25, -0.2) is 0 Å². The average Bonchev–Trinajstić information content (AvgIpc) is 2.66. The zero-order valence-electron chi connectivity index (χ0n) is 9.75. The molecule has 0 aromatic rings. The Balaban J connectivity index is 2.15. The minimum Gasteiger partial charge on any atom is -0.380 e. The molecule has 1 aliphatic rings. The smallest absolute Gasteiger partial charge is 0.0618 e. The van der Waals surface area contributed by atoms with E-state index in [0.717, 1.165) is 19.8 Å². The van der Waals surface area contributed by atoms with E-state index in [2.05, 4.69) is 24.2 Å². The third-order valence-corrected chi connectivity index (χ3v) is 2.99. The first-order valence-corrected chi connectivity index (χ1v) is 5.75. The van der Waals surface area contributed by atoms with Crippen molar-refractivity contribution in [1.82, 2.24) is 10.2 Å². The number of nitrogens with one attached hydrogen (secondary N) is 1. The first kappa shape index (κ1) is 12.0. The quantitative estimate of drug-likeness (QED) is 0.695. The Morgan fingerprint density at radius 1 is 1.57 bits per heavy atom. The molecular formula is C11H24N2O. The van der Waals surface area contributed by atoms with Gasteiger partial charge in [-0.15, -0.1) is 0 Å². The Bertz CT molecular complexity index is 146. The Labute approximate surface area is 87.8 Å². The predicted octanol–water partition coefficient (Wildman–Crippen LogP) is 1.10. The number of nitrogens with zero attached hydrogens (tertiary/aromatic N) is 1. The molecule has 2 atom stereocenters. The fourth-order valence-corrected chi connectivity index (χ4v) is 1.86. The molecule has 0 radical (unpaired) electrons. The van der Waals surface area contributed by atoms with Gasteiger partial charge in [0.15, 0.2) is 0 Å². The standard InChI is InChI=1S/C11H24N2O/c1-4-14-9-10(2)13(3)8-11-6-5-7-12-11/h10-12H,4-9H2,1-3H3. The highest BCUT2D eigenvalue weighted by Crippen LogP contribution is 2.07. The van der Waals surface area contributed by atoms with Crippen molar-refractivity contribution >= 4 is 0 Å². The molecule has 2 unspecified atom stereocenters. The number of likely N-dealkylation sites (N-methyl/N-ethyl adjacent to an activating group) is 1. The molecule has 3 heteroatoms. The summed E-state index contributed by atoms with van der Waals surface area (Å²) in [5, 5.41) is 3.52. The largest absolute Gasteiger partial charge is 0.380 e. The van der Waals surface area contributed by atoms with Crippen molar-refractivity contribution in [3.8, 4) is 0 Å². The zero-order chi connectivity index (χ0) is 10.4. The topological polar surface area (TPSA) is 24.5 Å². The Hall–Kier alpha value is -0.120. The molecule has 1 heterocycles. The van der Waals surface area contributed by atoms with Crippen LogP contribution in [0, 0.1) is 0 Å². The average molecular weight is 200 g/mol. The highest BCUT2D eigenvalue weighted by atomic mass is 16.5. The molecule has 0 saturated carbocycles. The number of hydrogen-bond donors (Lipinski definition) is 1. The molecular weight excluding hydrogens is 176 g/mol. The Kier molecular flexibility index (Phi) is 5.45. The Morgan fingerprint density at radius 2 is 2.36 bits per heavy atom. The Morgan fingerprint density at radius 3 is 2.93 bits per heavy atom. The van der Waals surface area contributed by atoms with Gasteiger partial charge in [-0.2, -0.15) is 0 Å². The molecule has 0 aromatic heterocycles. The van der Waals surface area contributed by atoms with Gasteiger partial charge in [0.2, 0.25) is 0 Å². The summed E-state index contributed by atoms with van der Waals surface area (Å²) in [5.74, 6) is 0. The van der Waals surface area contributed by atoms with E-state index in [0.29, 0.717) is 12.1 Å². The lowest BCUT2D eigenvalue weighted by Gasteiger charge is -2.27. The van der Waals surface area contributed by atoms with Crippen molar-refractivity contribution in [1.29, 1.82) is 0 Å². The van der Waals surface area contributed by atoms with E-state index in [1.165, 1.54) is 19.4 Å². The normalized spacial score (nSPS) is 24.4. The second kappa shape index (κ2) is 6.38. The van der Waals surface area contributed by atoms with Gasteiger partial charge in [0.1, 0.15) is 0 Å². The number of ether oxygens (including phenoxy) is 1. The van der Waals surface area contributed by atoms with Gasteiger partial charge in [0, 0.05) is 25.2 Å². The molecule has 0 aliphatic carbocycles. The van der Waals surface area contributed by atoms with Crippen LogP contribution in [0.15, 0.2) is 0 Å². The monoisotopic (exact) mass is 200 g/mol. The zero-order valence-corrected chi connectivity index (χ0v) is 9.75. The van der Waals surface area contributed by atoms with Gasteiger partial charge < -0.3 is 10.1 Å². The minimum atomic E-state index is 0.525. The van der Waals surface area contributed by atoms with Crippen LogP contribution >= 0.6 is 0 Å². The maximum absolute atomic E-state index is 5.42.